The lowest BCUT2D eigenvalue weighted by Gasteiger charge is -2.26. The molecule has 0 spiro atoms. The number of carbonyl (C=O) groups is 1. The molecule has 0 aromatic rings. The monoisotopic (exact) mass is 150 g/mol. The fraction of sp³-hybridized carbons (Fsp3) is 0.700. The molecule has 0 saturated heterocycles. The van der Waals surface area contributed by atoms with Gasteiger partial charge in [0.25, 0.3) is 0 Å². The van der Waals surface area contributed by atoms with Crippen LogP contribution >= 0.6 is 0 Å². The second-order valence-corrected chi connectivity index (χ2v) is 4.12. The fourth-order valence-electron chi connectivity index (χ4n) is 2.08. The van der Waals surface area contributed by atoms with E-state index >= 15 is 0 Å². The average Bonchev–Trinajstić information content (AvgIpc) is 2.21. The normalized spacial score (nSPS) is 42.6. The van der Waals surface area contributed by atoms with Gasteiger partial charge in [0.1, 0.15) is 5.78 Å². The zero-order valence-corrected chi connectivity index (χ0v) is 6.97. The summed E-state index contributed by atoms with van der Waals surface area (Å²) < 4.78 is 0. The van der Waals surface area contributed by atoms with Gasteiger partial charge < -0.3 is 0 Å². The third-order valence-electron chi connectivity index (χ3n) is 3.11. The van der Waals surface area contributed by atoms with Crippen molar-refractivity contribution in [1.29, 1.82) is 0 Å². The van der Waals surface area contributed by atoms with Crippen LogP contribution in [0, 0.1) is 11.3 Å². The number of Topliss-reactive ketones (excluding diaryl/α,β-unsaturated/α-hetero) is 1. The van der Waals surface area contributed by atoms with Crippen LogP contribution in [0.5, 0.6) is 0 Å². The molecule has 0 radical (unpaired) electrons. The topological polar surface area (TPSA) is 17.1 Å². The van der Waals surface area contributed by atoms with Crippen LogP contribution in [0.3, 0.4) is 0 Å². The molecule has 0 aromatic carbocycles. The zero-order chi connectivity index (χ0) is 7.90. The number of ketones is 1. The van der Waals surface area contributed by atoms with Crippen molar-refractivity contribution in [2.75, 3.05) is 0 Å². The van der Waals surface area contributed by atoms with Crippen molar-refractivity contribution in [3.63, 3.8) is 0 Å². The largest absolute Gasteiger partial charge is 0.299 e. The van der Waals surface area contributed by atoms with E-state index < -0.39 is 0 Å². The summed E-state index contributed by atoms with van der Waals surface area (Å²) in [6.45, 7) is 2.26. The zero-order valence-electron chi connectivity index (χ0n) is 6.97. The summed E-state index contributed by atoms with van der Waals surface area (Å²) in [4.78, 5) is 11.4. The van der Waals surface area contributed by atoms with Gasteiger partial charge in [-0.3, -0.25) is 4.79 Å². The molecule has 0 unspecified atom stereocenters. The van der Waals surface area contributed by atoms with Crippen LogP contribution in [0.25, 0.3) is 0 Å². The number of hydrogen-bond donors (Lipinski definition) is 0. The van der Waals surface area contributed by atoms with Gasteiger partial charge in [-0.2, -0.15) is 0 Å². The van der Waals surface area contributed by atoms with Crippen LogP contribution in [0.2, 0.25) is 0 Å². The summed E-state index contributed by atoms with van der Waals surface area (Å²) in [6.07, 6.45) is 8.55. The minimum Gasteiger partial charge on any atom is -0.299 e. The molecule has 11 heavy (non-hydrogen) atoms. The standard InChI is InChI=1S/C10H14O/c1-10-5-2-8(3-6-10)9(11)4-7-10/h2,5,8H,3-4,6-7H2,1H3/t8-,10+/m0/s1. The van der Waals surface area contributed by atoms with Gasteiger partial charge in [0.05, 0.1) is 0 Å². The first kappa shape index (κ1) is 7.08. The Bertz CT molecular complexity index is 217. The quantitative estimate of drug-likeness (QED) is 0.484. The molecule has 60 valence electrons. The summed E-state index contributed by atoms with van der Waals surface area (Å²) in [5.74, 6) is 0.730. The van der Waals surface area contributed by atoms with Gasteiger partial charge in [-0.15, -0.1) is 0 Å². The number of rotatable bonds is 0. The van der Waals surface area contributed by atoms with E-state index in [-0.39, 0.29) is 5.92 Å². The summed E-state index contributed by atoms with van der Waals surface area (Å²) in [5, 5.41) is 0. The molecule has 1 nitrogen and oxygen atoms in total. The smallest absolute Gasteiger partial charge is 0.139 e. The van der Waals surface area contributed by atoms with Gasteiger partial charge in [0, 0.05) is 12.3 Å². The van der Waals surface area contributed by atoms with Crippen LogP contribution in [-0.4, -0.2) is 5.78 Å². The van der Waals surface area contributed by atoms with Crippen LogP contribution in [0.15, 0.2) is 12.2 Å². The van der Waals surface area contributed by atoms with Crippen molar-refractivity contribution in [1.82, 2.24) is 0 Å². The Morgan fingerprint density at radius 2 is 2.36 bits per heavy atom. The third-order valence-corrected chi connectivity index (χ3v) is 3.11. The van der Waals surface area contributed by atoms with E-state index in [9.17, 15) is 4.79 Å². The maximum absolute atomic E-state index is 11.4. The van der Waals surface area contributed by atoms with Gasteiger partial charge in [-0.1, -0.05) is 19.1 Å². The SMILES string of the molecule is C[C@@]12C=C[C@@H](CC1)C(=O)CC2. The minimum atomic E-state index is 0.269. The van der Waals surface area contributed by atoms with Crippen LogP contribution in [-0.2, 0) is 4.79 Å². The molecule has 0 N–H and O–H groups in total. The second-order valence-electron chi connectivity index (χ2n) is 4.12. The van der Waals surface area contributed by atoms with E-state index in [4.69, 9.17) is 0 Å². The van der Waals surface area contributed by atoms with Crippen molar-refractivity contribution < 1.29 is 4.79 Å². The van der Waals surface area contributed by atoms with Gasteiger partial charge in [-0.05, 0) is 24.7 Å². The molecule has 1 heteroatoms. The van der Waals surface area contributed by atoms with Crippen LogP contribution in [0.1, 0.15) is 32.6 Å². The third kappa shape index (κ3) is 1.13. The Morgan fingerprint density at radius 3 is 3.00 bits per heavy atom. The minimum absolute atomic E-state index is 0.269. The van der Waals surface area contributed by atoms with E-state index in [1.165, 1.54) is 6.42 Å². The molecule has 0 aromatic heterocycles. The lowest BCUT2D eigenvalue weighted by molar-refractivity contribution is -0.121. The van der Waals surface area contributed by atoms with E-state index in [2.05, 4.69) is 19.1 Å². The highest BCUT2D eigenvalue weighted by molar-refractivity contribution is 5.83. The predicted octanol–water partition coefficient (Wildman–Crippen LogP) is 2.32. The summed E-state index contributed by atoms with van der Waals surface area (Å²) in [5.41, 5.74) is 0.350. The highest BCUT2D eigenvalue weighted by atomic mass is 16.1. The van der Waals surface area contributed by atoms with E-state index in [1.54, 1.807) is 0 Å². The van der Waals surface area contributed by atoms with Crippen LogP contribution < -0.4 is 0 Å². The van der Waals surface area contributed by atoms with Crippen molar-refractivity contribution in [3.05, 3.63) is 12.2 Å². The average molecular weight is 150 g/mol. The Morgan fingerprint density at radius 1 is 1.55 bits per heavy atom. The molecule has 3 aliphatic rings. The summed E-state index contributed by atoms with van der Waals surface area (Å²) >= 11 is 0. The van der Waals surface area contributed by atoms with E-state index in [1.807, 2.05) is 0 Å². The number of carbonyl (C=O) groups excluding carboxylic acids is 1. The summed E-state index contributed by atoms with van der Waals surface area (Å²) in [6, 6.07) is 0. The number of hydrogen-bond acceptors (Lipinski definition) is 1. The Hall–Kier alpha value is -0.590. The molecular weight excluding hydrogens is 136 g/mol. The van der Waals surface area contributed by atoms with Crippen molar-refractivity contribution >= 4 is 5.78 Å². The first-order valence-corrected chi connectivity index (χ1v) is 4.42. The molecule has 3 aliphatic carbocycles. The van der Waals surface area contributed by atoms with Crippen molar-refractivity contribution in [3.8, 4) is 0 Å². The Labute approximate surface area is 67.5 Å². The molecule has 1 fully saturated rings. The van der Waals surface area contributed by atoms with Gasteiger partial charge in [0.2, 0.25) is 0 Å². The highest BCUT2D eigenvalue weighted by Crippen LogP contribution is 2.41. The number of fused-ring (bicyclic) bond motifs is 3. The highest BCUT2D eigenvalue weighted by Gasteiger charge is 2.33. The number of allylic oxidation sites excluding steroid dienone is 2. The maximum Gasteiger partial charge on any atom is 0.139 e. The van der Waals surface area contributed by atoms with Crippen LogP contribution in [0.4, 0.5) is 0 Å². The maximum atomic E-state index is 11.4. The van der Waals surface area contributed by atoms with Crippen molar-refractivity contribution in [2.45, 2.75) is 32.6 Å². The molecule has 2 atom stereocenters. The van der Waals surface area contributed by atoms with E-state index in [0.717, 1.165) is 19.3 Å². The molecule has 0 amide bonds. The van der Waals surface area contributed by atoms with Gasteiger partial charge in [0.15, 0.2) is 0 Å². The fourth-order valence-corrected chi connectivity index (χ4v) is 2.08. The van der Waals surface area contributed by atoms with Gasteiger partial charge >= 0.3 is 0 Å². The lowest BCUT2D eigenvalue weighted by Crippen LogP contribution is -2.15. The first-order valence-electron chi connectivity index (χ1n) is 4.42. The van der Waals surface area contributed by atoms with Crippen molar-refractivity contribution in [2.24, 2.45) is 11.3 Å². The lowest BCUT2D eigenvalue weighted by atomic mass is 9.78. The predicted molar refractivity (Wildman–Crippen MR) is 44.2 cm³/mol. The molecule has 0 heterocycles. The molecule has 2 bridgehead atoms. The Balaban J connectivity index is 2.31. The molecule has 3 rings (SSSR count). The first-order chi connectivity index (χ1) is 5.20. The molecular formula is C10H14O. The van der Waals surface area contributed by atoms with Gasteiger partial charge in [-0.25, -0.2) is 0 Å². The Kier molecular flexibility index (Phi) is 1.41. The second kappa shape index (κ2) is 2.20. The molecule has 0 aliphatic heterocycles. The van der Waals surface area contributed by atoms with E-state index in [0.29, 0.717) is 11.2 Å². The summed E-state index contributed by atoms with van der Waals surface area (Å²) in [7, 11) is 0. The molecule has 1 saturated carbocycles.